The predicted octanol–water partition coefficient (Wildman–Crippen LogP) is 5.25. The molecule has 0 unspecified atom stereocenters. The van der Waals surface area contributed by atoms with E-state index in [2.05, 4.69) is 10.4 Å². The average molecular weight is 560 g/mol. The Labute approximate surface area is 235 Å². The zero-order valence-electron chi connectivity index (χ0n) is 22.6. The van der Waals surface area contributed by atoms with Gasteiger partial charge < -0.3 is 14.8 Å². The number of benzene rings is 2. The van der Waals surface area contributed by atoms with E-state index < -0.39 is 29.9 Å². The van der Waals surface area contributed by atoms with Gasteiger partial charge >= 0.3 is 11.9 Å². The van der Waals surface area contributed by atoms with Gasteiger partial charge in [0, 0.05) is 16.0 Å². The third-order valence-electron chi connectivity index (χ3n) is 6.16. The minimum absolute atomic E-state index is 0.0592. The minimum Gasteiger partial charge on any atom is -0.462 e. The second-order valence-corrected chi connectivity index (χ2v) is 9.99. The molecule has 1 N–H and O–H groups in total. The van der Waals surface area contributed by atoms with Gasteiger partial charge in [0.2, 0.25) is 5.91 Å². The van der Waals surface area contributed by atoms with Crippen molar-refractivity contribution in [2.45, 2.75) is 34.2 Å². The summed E-state index contributed by atoms with van der Waals surface area (Å²) in [7, 11) is 0. The standard InChI is InChI=1S/C30H29N3O6S/c1-5-38-29(36)23-18(3)19(4)40-27(23)31-22(34)17-33-28(35)25(30(37)39-6-2)24(20-13-9-7-10-14-20)26(32-33)21-15-11-8-12-16-21/h7-16H,5-6,17H2,1-4H3,(H,31,34). The van der Waals surface area contributed by atoms with Crippen molar-refractivity contribution in [1.29, 1.82) is 0 Å². The van der Waals surface area contributed by atoms with Gasteiger partial charge in [0.1, 0.15) is 17.1 Å². The Hall–Kier alpha value is -4.57. The Bertz CT molecular complexity index is 1610. The molecule has 0 radical (unpaired) electrons. The van der Waals surface area contributed by atoms with Crippen molar-refractivity contribution in [3.63, 3.8) is 0 Å². The third kappa shape index (κ3) is 5.86. The van der Waals surface area contributed by atoms with E-state index in [-0.39, 0.29) is 24.3 Å². The smallest absolute Gasteiger partial charge is 0.344 e. The number of amides is 1. The highest BCUT2D eigenvalue weighted by Crippen LogP contribution is 2.34. The molecule has 0 aliphatic rings. The van der Waals surface area contributed by atoms with Crippen molar-refractivity contribution in [3.8, 4) is 22.4 Å². The first-order valence-corrected chi connectivity index (χ1v) is 13.6. The molecule has 0 aliphatic heterocycles. The molecular formula is C30H29N3O6S. The van der Waals surface area contributed by atoms with Gasteiger partial charge in [-0.1, -0.05) is 60.7 Å². The highest BCUT2D eigenvalue weighted by atomic mass is 32.1. The molecule has 2 aromatic heterocycles. The fourth-order valence-electron chi connectivity index (χ4n) is 4.22. The van der Waals surface area contributed by atoms with Gasteiger partial charge in [-0.2, -0.15) is 5.10 Å². The molecule has 4 rings (SSSR count). The van der Waals surface area contributed by atoms with Crippen molar-refractivity contribution in [1.82, 2.24) is 9.78 Å². The van der Waals surface area contributed by atoms with E-state index in [1.807, 2.05) is 31.2 Å². The number of carbonyl (C=O) groups is 3. The van der Waals surface area contributed by atoms with E-state index in [1.165, 1.54) is 11.3 Å². The summed E-state index contributed by atoms with van der Waals surface area (Å²) >= 11 is 1.24. The topological polar surface area (TPSA) is 117 Å². The van der Waals surface area contributed by atoms with Crippen LogP contribution in [-0.4, -0.2) is 40.8 Å². The quantitative estimate of drug-likeness (QED) is 0.279. The molecular weight excluding hydrogens is 530 g/mol. The number of aryl methyl sites for hydroxylation is 1. The molecule has 0 saturated heterocycles. The molecule has 0 aliphatic carbocycles. The zero-order chi connectivity index (χ0) is 28.8. The Morgan fingerprint density at radius 1 is 0.850 bits per heavy atom. The van der Waals surface area contributed by atoms with Crippen LogP contribution in [0.4, 0.5) is 5.00 Å². The van der Waals surface area contributed by atoms with Crippen molar-refractivity contribution in [2.75, 3.05) is 18.5 Å². The molecule has 2 heterocycles. The molecule has 0 bridgehead atoms. The largest absolute Gasteiger partial charge is 0.462 e. The molecule has 4 aromatic rings. The van der Waals surface area contributed by atoms with Crippen LogP contribution in [0.2, 0.25) is 0 Å². The van der Waals surface area contributed by atoms with E-state index >= 15 is 0 Å². The van der Waals surface area contributed by atoms with Crippen molar-refractivity contribution >= 4 is 34.2 Å². The van der Waals surface area contributed by atoms with E-state index in [1.54, 1.807) is 57.2 Å². The molecule has 40 heavy (non-hydrogen) atoms. The lowest BCUT2D eigenvalue weighted by Gasteiger charge is -2.17. The van der Waals surface area contributed by atoms with Gasteiger partial charge in [-0.15, -0.1) is 11.3 Å². The zero-order valence-corrected chi connectivity index (χ0v) is 23.5. The number of rotatable bonds is 9. The van der Waals surface area contributed by atoms with Gasteiger partial charge in [-0.25, -0.2) is 14.3 Å². The van der Waals surface area contributed by atoms with E-state index in [9.17, 15) is 19.2 Å². The summed E-state index contributed by atoms with van der Waals surface area (Å²) in [6.45, 7) is 6.71. The number of aromatic nitrogens is 2. The van der Waals surface area contributed by atoms with Crippen molar-refractivity contribution in [2.24, 2.45) is 0 Å². The number of thiophene rings is 1. The minimum atomic E-state index is -0.811. The molecule has 1 amide bonds. The Morgan fingerprint density at radius 2 is 1.40 bits per heavy atom. The second kappa shape index (κ2) is 12.5. The van der Waals surface area contributed by atoms with Crippen molar-refractivity contribution in [3.05, 3.63) is 92.6 Å². The number of ether oxygens (including phenoxy) is 2. The van der Waals surface area contributed by atoms with E-state index in [0.29, 0.717) is 32.9 Å². The Morgan fingerprint density at radius 3 is 1.98 bits per heavy atom. The maximum Gasteiger partial charge on any atom is 0.344 e. The first-order valence-electron chi connectivity index (χ1n) is 12.8. The fraction of sp³-hybridized carbons (Fsp3) is 0.233. The van der Waals surface area contributed by atoms with Crippen LogP contribution in [0.25, 0.3) is 22.4 Å². The van der Waals surface area contributed by atoms with Crippen LogP contribution in [-0.2, 0) is 20.8 Å². The highest BCUT2D eigenvalue weighted by molar-refractivity contribution is 7.16. The normalized spacial score (nSPS) is 10.7. The number of hydrogen-bond acceptors (Lipinski definition) is 8. The Kier molecular flexibility index (Phi) is 8.90. The summed E-state index contributed by atoms with van der Waals surface area (Å²) < 4.78 is 11.4. The molecule has 206 valence electrons. The van der Waals surface area contributed by atoms with Gasteiger partial charge in [0.15, 0.2) is 0 Å². The molecule has 10 heteroatoms. The van der Waals surface area contributed by atoms with Gasteiger partial charge in [-0.05, 0) is 38.8 Å². The lowest BCUT2D eigenvalue weighted by atomic mass is 9.95. The van der Waals surface area contributed by atoms with E-state index in [4.69, 9.17) is 9.47 Å². The number of carbonyl (C=O) groups excluding carboxylic acids is 3. The third-order valence-corrected chi connectivity index (χ3v) is 7.28. The molecule has 0 fully saturated rings. The van der Waals surface area contributed by atoms with Gasteiger partial charge in [-0.3, -0.25) is 9.59 Å². The predicted molar refractivity (Wildman–Crippen MR) is 154 cm³/mol. The maximum absolute atomic E-state index is 13.7. The van der Waals surface area contributed by atoms with Crippen LogP contribution < -0.4 is 10.9 Å². The first kappa shape index (κ1) is 28.4. The van der Waals surface area contributed by atoms with E-state index in [0.717, 1.165) is 9.56 Å². The average Bonchev–Trinajstić information content (AvgIpc) is 3.22. The maximum atomic E-state index is 13.7. The molecule has 0 spiro atoms. The molecule has 0 saturated carbocycles. The number of nitrogens with one attached hydrogen (secondary N) is 1. The summed E-state index contributed by atoms with van der Waals surface area (Å²) in [6.07, 6.45) is 0. The highest BCUT2D eigenvalue weighted by Gasteiger charge is 2.27. The van der Waals surface area contributed by atoms with Crippen LogP contribution in [0.1, 0.15) is 45.0 Å². The summed E-state index contributed by atoms with van der Waals surface area (Å²) in [5.41, 5.74) is 1.91. The summed E-state index contributed by atoms with van der Waals surface area (Å²) in [4.78, 5) is 53.5. The van der Waals surface area contributed by atoms with Crippen LogP contribution in [0.3, 0.4) is 0 Å². The fourth-order valence-corrected chi connectivity index (χ4v) is 5.29. The molecule has 9 nitrogen and oxygen atoms in total. The molecule has 2 aromatic carbocycles. The first-order chi connectivity index (χ1) is 19.3. The van der Waals surface area contributed by atoms with Crippen LogP contribution in [0, 0.1) is 13.8 Å². The summed E-state index contributed by atoms with van der Waals surface area (Å²) in [6, 6.07) is 18.1. The number of esters is 2. The van der Waals surface area contributed by atoms with Crippen LogP contribution >= 0.6 is 11.3 Å². The van der Waals surface area contributed by atoms with Crippen LogP contribution in [0.5, 0.6) is 0 Å². The van der Waals surface area contributed by atoms with Crippen molar-refractivity contribution < 1.29 is 23.9 Å². The van der Waals surface area contributed by atoms with Gasteiger partial charge in [0.05, 0.1) is 24.5 Å². The molecule has 0 atom stereocenters. The summed E-state index contributed by atoms with van der Waals surface area (Å²) in [5.74, 6) is -1.95. The van der Waals surface area contributed by atoms with Crippen LogP contribution in [0.15, 0.2) is 65.5 Å². The second-order valence-electron chi connectivity index (χ2n) is 8.77. The monoisotopic (exact) mass is 559 g/mol. The lowest BCUT2D eigenvalue weighted by Crippen LogP contribution is -2.35. The number of anilines is 1. The summed E-state index contributed by atoms with van der Waals surface area (Å²) in [5, 5.41) is 7.61. The number of hydrogen-bond donors (Lipinski definition) is 1. The van der Waals surface area contributed by atoms with Gasteiger partial charge in [0.25, 0.3) is 5.56 Å². The SMILES string of the molecule is CCOC(=O)c1c(NC(=O)Cn2nc(-c3ccccc3)c(-c3ccccc3)c(C(=O)OCC)c2=O)sc(C)c1C. The number of nitrogens with zero attached hydrogens (tertiary/aromatic N) is 2. The lowest BCUT2D eigenvalue weighted by molar-refractivity contribution is -0.117. The Balaban J connectivity index is 1.84.